The van der Waals surface area contributed by atoms with Gasteiger partial charge in [-0.2, -0.15) is 5.10 Å². The Morgan fingerprint density at radius 1 is 1.20 bits per heavy atom. The summed E-state index contributed by atoms with van der Waals surface area (Å²) in [6, 6.07) is 2.19. The molecule has 108 valence electrons. The molecule has 0 atom stereocenters. The second-order valence-corrected chi connectivity index (χ2v) is 5.18. The number of nitrogens with one attached hydrogen (secondary N) is 1. The van der Waals surface area contributed by atoms with Crippen molar-refractivity contribution >= 4 is 0 Å². The van der Waals surface area contributed by atoms with E-state index in [4.69, 9.17) is 0 Å². The fourth-order valence-corrected chi connectivity index (χ4v) is 2.61. The summed E-state index contributed by atoms with van der Waals surface area (Å²) in [4.78, 5) is 4.61. The maximum absolute atomic E-state index is 4.64. The molecule has 0 radical (unpaired) electrons. The topological polar surface area (TPSA) is 42.7 Å². The molecule has 0 spiro atoms. The van der Waals surface area contributed by atoms with Gasteiger partial charge in [0.05, 0.1) is 5.69 Å². The van der Waals surface area contributed by atoms with Crippen LogP contribution in [0, 0.1) is 20.8 Å². The molecule has 2 rings (SSSR count). The summed E-state index contributed by atoms with van der Waals surface area (Å²) in [6.45, 7) is 12.4. The summed E-state index contributed by atoms with van der Waals surface area (Å²) in [5.74, 6) is 0.936. The average Bonchev–Trinajstić information content (AvgIpc) is 2.71. The molecule has 0 aromatic carbocycles. The molecule has 2 aromatic rings. The van der Waals surface area contributed by atoms with Crippen molar-refractivity contribution < 1.29 is 0 Å². The van der Waals surface area contributed by atoms with Crippen LogP contribution in [0.4, 0.5) is 0 Å². The van der Waals surface area contributed by atoms with Gasteiger partial charge in [0.25, 0.3) is 0 Å². The van der Waals surface area contributed by atoms with Crippen LogP contribution in [0.2, 0.25) is 0 Å². The zero-order chi connectivity index (χ0) is 14.7. The Hall–Kier alpha value is -1.68. The fourth-order valence-electron chi connectivity index (χ4n) is 2.61. The van der Waals surface area contributed by atoms with Crippen LogP contribution in [0.5, 0.6) is 0 Å². The van der Waals surface area contributed by atoms with Crippen LogP contribution in [-0.4, -0.2) is 21.3 Å². The van der Waals surface area contributed by atoms with Gasteiger partial charge in [0.15, 0.2) is 5.82 Å². The minimum Gasteiger partial charge on any atom is -0.313 e. The van der Waals surface area contributed by atoms with Crippen molar-refractivity contribution in [2.45, 2.75) is 47.6 Å². The van der Waals surface area contributed by atoms with E-state index < -0.39 is 0 Å². The molecule has 0 aliphatic heterocycles. The average molecular weight is 272 g/mol. The lowest BCUT2D eigenvalue weighted by Gasteiger charge is -2.10. The van der Waals surface area contributed by atoms with Gasteiger partial charge in [-0.25, -0.2) is 9.67 Å². The number of aromatic nitrogens is 3. The van der Waals surface area contributed by atoms with Crippen molar-refractivity contribution in [3.05, 3.63) is 40.3 Å². The first-order chi connectivity index (χ1) is 9.58. The maximum Gasteiger partial charge on any atom is 0.156 e. The molecule has 0 amide bonds. The van der Waals surface area contributed by atoms with Gasteiger partial charge in [0.1, 0.15) is 0 Å². The summed E-state index contributed by atoms with van der Waals surface area (Å²) in [5, 5.41) is 7.96. The van der Waals surface area contributed by atoms with Gasteiger partial charge in [0.2, 0.25) is 0 Å². The van der Waals surface area contributed by atoms with E-state index in [0.29, 0.717) is 0 Å². The number of aryl methyl sites for hydroxylation is 2. The van der Waals surface area contributed by atoms with Crippen molar-refractivity contribution in [1.82, 2.24) is 20.1 Å². The van der Waals surface area contributed by atoms with Gasteiger partial charge in [0, 0.05) is 18.4 Å². The number of pyridine rings is 1. The van der Waals surface area contributed by atoms with E-state index in [1.54, 1.807) is 0 Å². The molecule has 0 unspecified atom stereocenters. The Morgan fingerprint density at radius 2 is 1.95 bits per heavy atom. The van der Waals surface area contributed by atoms with Gasteiger partial charge in [-0.15, -0.1) is 0 Å². The zero-order valence-corrected chi connectivity index (χ0v) is 13.1. The van der Waals surface area contributed by atoms with Crippen LogP contribution in [-0.2, 0) is 13.0 Å². The van der Waals surface area contributed by atoms with Crippen LogP contribution in [0.3, 0.4) is 0 Å². The van der Waals surface area contributed by atoms with Gasteiger partial charge in [-0.3, -0.25) is 0 Å². The van der Waals surface area contributed by atoms with Crippen LogP contribution in [0.15, 0.2) is 12.3 Å². The Bertz CT molecular complexity index is 599. The van der Waals surface area contributed by atoms with E-state index >= 15 is 0 Å². The van der Waals surface area contributed by atoms with Crippen LogP contribution < -0.4 is 5.32 Å². The number of nitrogens with zero attached hydrogens (tertiary/aromatic N) is 3. The Balaban J connectivity index is 2.38. The summed E-state index contributed by atoms with van der Waals surface area (Å²) in [5.41, 5.74) is 5.99. The molecule has 1 N–H and O–H groups in total. The molecule has 2 aromatic heterocycles. The predicted molar refractivity (Wildman–Crippen MR) is 82.3 cm³/mol. The zero-order valence-electron chi connectivity index (χ0n) is 13.1. The van der Waals surface area contributed by atoms with Crippen LogP contribution in [0.1, 0.15) is 41.9 Å². The third kappa shape index (κ3) is 2.75. The van der Waals surface area contributed by atoms with E-state index in [-0.39, 0.29) is 0 Å². The predicted octanol–water partition coefficient (Wildman–Crippen LogP) is 2.86. The standard InChI is InChI=1S/C16H24N4/c1-6-15-12(4)19-20(13(15)5)16-11(3)8-14(10-18-16)9-17-7-2/h8,10,17H,6-7,9H2,1-5H3. The Morgan fingerprint density at radius 3 is 2.50 bits per heavy atom. The normalized spacial score (nSPS) is 11.1. The third-order valence-electron chi connectivity index (χ3n) is 3.68. The maximum atomic E-state index is 4.64. The summed E-state index contributed by atoms with van der Waals surface area (Å²) in [6.07, 6.45) is 2.95. The Kier molecular flexibility index (Phi) is 4.55. The molecule has 4 heteroatoms. The number of hydrogen-bond acceptors (Lipinski definition) is 3. The third-order valence-corrected chi connectivity index (χ3v) is 3.68. The van der Waals surface area contributed by atoms with Crippen molar-refractivity contribution in [2.75, 3.05) is 6.54 Å². The second-order valence-electron chi connectivity index (χ2n) is 5.18. The highest BCUT2D eigenvalue weighted by molar-refractivity contribution is 5.39. The van der Waals surface area contributed by atoms with E-state index in [0.717, 1.165) is 36.6 Å². The lowest BCUT2D eigenvalue weighted by atomic mass is 10.1. The molecule has 0 aliphatic carbocycles. The van der Waals surface area contributed by atoms with Gasteiger partial charge < -0.3 is 5.32 Å². The van der Waals surface area contributed by atoms with Gasteiger partial charge >= 0.3 is 0 Å². The number of hydrogen-bond donors (Lipinski definition) is 1. The quantitative estimate of drug-likeness (QED) is 0.910. The minimum atomic E-state index is 0.863. The van der Waals surface area contributed by atoms with E-state index in [9.17, 15) is 0 Å². The van der Waals surface area contributed by atoms with Crippen molar-refractivity contribution in [3.63, 3.8) is 0 Å². The summed E-state index contributed by atoms with van der Waals surface area (Å²) in [7, 11) is 0. The molecule has 0 fully saturated rings. The van der Waals surface area contributed by atoms with Gasteiger partial charge in [-0.1, -0.05) is 13.8 Å². The summed E-state index contributed by atoms with van der Waals surface area (Å²) >= 11 is 0. The highest BCUT2D eigenvalue weighted by Crippen LogP contribution is 2.19. The van der Waals surface area contributed by atoms with Crippen molar-refractivity contribution in [2.24, 2.45) is 0 Å². The smallest absolute Gasteiger partial charge is 0.156 e. The molecule has 0 aliphatic rings. The first-order valence-electron chi connectivity index (χ1n) is 7.30. The highest BCUT2D eigenvalue weighted by atomic mass is 15.3. The first kappa shape index (κ1) is 14.7. The molecule has 2 heterocycles. The van der Waals surface area contributed by atoms with Crippen molar-refractivity contribution in [3.8, 4) is 5.82 Å². The molecular formula is C16H24N4. The monoisotopic (exact) mass is 272 g/mol. The van der Waals surface area contributed by atoms with E-state index in [1.165, 1.54) is 16.8 Å². The van der Waals surface area contributed by atoms with E-state index in [1.807, 2.05) is 10.9 Å². The second kappa shape index (κ2) is 6.18. The largest absolute Gasteiger partial charge is 0.313 e. The van der Waals surface area contributed by atoms with Crippen LogP contribution in [0.25, 0.3) is 5.82 Å². The molecule has 20 heavy (non-hydrogen) atoms. The summed E-state index contributed by atoms with van der Waals surface area (Å²) < 4.78 is 1.97. The van der Waals surface area contributed by atoms with E-state index in [2.05, 4.69) is 56.1 Å². The molecular weight excluding hydrogens is 248 g/mol. The van der Waals surface area contributed by atoms with Gasteiger partial charge in [-0.05, 0) is 56.5 Å². The molecule has 0 bridgehead atoms. The Labute approximate surface area is 121 Å². The molecule has 4 nitrogen and oxygen atoms in total. The fraction of sp³-hybridized carbons (Fsp3) is 0.500. The lowest BCUT2D eigenvalue weighted by molar-refractivity contribution is 0.720. The van der Waals surface area contributed by atoms with Crippen molar-refractivity contribution in [1.29, 1.82) is 0 Å². The highest BCUT2D eigenvalue weighted by Gasteiger charge is 2.13. The molecule has 0 saturated carbocycles. The minimum absolute atomic E-state index is 0.863. The first-order valence-corrected chi connectivity index (χ1v) is 7.30. The van der Waals surface area contributed by atoms with Crippen LogP contribution >= 0.6 is 0 Å². The number of rotatable bonds is 5. The SMILES string of the molecule is CCNCc1cnc(-n2nc(C)c(CC)c2C)c(C)c1. The lowest BCUT2D eigenvalue weighted by Crippen LogP contribution is -2.13. The molecule has 0 saturated heterocycles.